The highest BCUT2D eigenvalue weighted by atomic mass is 32.2. The SMILES string of the molecule is CN[C@@H](COc1cc(-c2c(C)cccc2C)nc(NS(=O)(=O)c2cccc(C=O)c2)n1)CC(C)C. The molecule has 0 aliphatic rings. The average Bonchev–Trinajstić information content (AvgIpc) is 2.81. The van der Waals surface area contributed by atoms with Crippen LogP contribution in [0.3, 0.4) is 0 Å². The van der Waals surface area contributed by atoms with E-state index in [9.17, 15) is 13.2 Å². The molecule has 1 heterocycles. The summed E-state index contributed by atoms with van der Waals surface area (Å²) in [5, 5.41) is 3.24. The molecule has 0 radical (unpaired) electrons. The van der Waals surface area contributed by atoms with Crippen LogP contribution < -0.4 is 14.8 Å². The maximum Gasteiger partial charge on any atom is 0.264 e. The van der Waals surface area contributed by atoms with E-state index in [-0.39, 0.29) is 28.3 Å². The zero-order valence-corrected chi connectivity index (χ0v) is 21.5. The van der Waals surface area contributed by atoms with Crippen LogP contribution in [-0.2, 0) is 10.0 Å². The molecule has 0 amide bonds. The molecule has 35 heavy (non-hydrogen) atoms. The second-order valence-electron chi connectivity index (χ2n) is 8.90. The van der Waals surface area contributed by atoms with E-state index in [1.807, 2.05) is 39.1 Å². The Morgan fingerprint density at radius 1 is 1.03 bits per heavy atom. The van der Waals surface area contributed by atoms with Gasteiger partial charge in [0.05, 0.1) is 10.6 Å². The van der Waals surface area contributed by atoms with Gasteiger partial charge in [0.1, 0.15) is 12.9 Å². The molecule has 0 fully saturated rings. The van der Waals surface area contributed by atoms with Gasteiger partial charge in [-0.1, -0.05) is 44.2 Å². The van der Waals surface area contributed by atoms with E-state index in [4.69, 9.17) is 4.74 Å². The minimum atomic E-state index is -4.04. The first-order valence-corrected chi connectivity index (χ1v) is 12.9. The Hall–Kier alpha value is -3.30. The number of carbonyl (C=O) groups excluding carboxylic acids is 1. The molecule has 0 saturated heterocycles. The monoisotopic (exact) mass is 496 g/mol. The quantitative estimate of drug-likeness (QED) is 0.379. The van der Waals surface area contributed by atoms with Gasteiger partial charge in [-0.2, -0.15) is 4.98 Å². The molecule has 8 nitrogen and oxygen atoms in total. The van der Waals surface area contributed by atoms with Gasteiger partial charge in [-0.3, -0.25) is 4.79 Å². The van der Waals surface area contributed by atoms with Crippen LogP contribution in [0.25, 0.3) is 11.3 Å². The standard InChI is InChI=1S/C26H32N4O4S/c1-17(2)12-21(27-5)16-34-24-14-23(25-18(3)8-6-9-19(25)4)28-26(29-24)30-35(32,33)22-11-7-10-20(13-22)15-31/h6-11,13-15,17,21,27H,12,16H2,1-5H3,(H,28,29,30)/t21-/m1/s1. The minimum absolute atomic E-state index is 0.0576. The molecule has 0 bridgehead atoms. The number of aldehydes is 1. The lowest BCUT2D eigenvalue weighted by Crippen LogP contribution is -2.33. The van der Waals surface area contributed by atoms with Crippen molar-refractivity contribution in [3.63, 3.8) is 0 Å². The second kappa shape index (κ2) is 11.4. The van der Waals surface area contributed by atoms with Gasteiger partial charge in [-0.25, -0.2) is 18.1 Å². The van der Waals surface area contributed by atoms with E-state index < -0.39 is 10.0 Å². The molecule has 2 N–H and O–H groups in total. The van der Waals surface area contributed by atoms with Crippen molar-refractivity contribution in [3.8, 4) is 17.1 Å². The fourth-order valence-electron chi connectivity index (χ4n) is 3.85. The number of sulfonamides is 1. The Labute approximate surface area is 207 Å². The maximum absolute atomic E-state index is 13.0. The number of aryl methyl sites for hydroxylation is 2. The summed E-state index contributed by atoms with van der Waals surface area (Å²) in [4.78, 5) is 19.9. The van der Waals surface area contributed by atoms with Gasteiger partial charge in [0.2, 0.25) is 11.8 Å². The first-order valence-electron chi connectivity index (χ1n) is 11.5. The van der Waals surface area contributed by atoms with E-state index in [2.05, 4.69) is 33.9 Å². The van der Waals surface area contributed by atoms with Crippen LogP contribution in [0.4, 0.5) is 5.95 Å². The number of ether oxygens (including phenoxy) is 1. The third-order valence-corrected chi connectivity index (χ3v) is 6.89. The van der Waals surface area contributed by atoms with Gasteiger partial charge >= 0.3 is 0 Å². The predicted molar refractivity (Wildman–Crippen MR) is 137 cm³/mol. The number of carbonyl (C=O) groups is 1. The van der Waals surface area contributed by atoms with Gasteiger partial charge in [-0.05, 0) is 56.5 Å². The van der Waals surface area contributed by atoms with Crippen molar-refractivity contribution in [2.24, 2.45) is 5.92 Å². The fraction of sp³-hybridized carbons (Fsp3) is 0.346. The van der Waals surface area contributed by atoms with Crippen LogP contribution in [-0.4, -0.2) is 44.4 Å². The highest BCUT2D eigenvalue weighted by Crippen LogP contribution is 2.29. The average molecular weight is 497 g/mol. The molecule has 0 aliphatic heterocycles. The number of nitrogens with zero attached hydrogens (tertiary/aromatic N) is 2. The van der Waals surface area contributed by atoms with Crippen molar-refractivity contribution >= 4 is 22.3 Å². The van der Waals surface area contributed by atoms with Crippen molar-refractivity contribution in [1.82, 2.24) is 15.3 Å². The van der Waals surface area contributed by atoms with Crippen LogP contribution in [0.1, 0.15) is 41.8 Å². The lowest BCUT2D eigenvalue weighted by Gasteiger charge is -2.19. The van der Waals surface area contributed by atoms with Crippen LogP contribution in [0.15, 0.2) is 53.4 Å². The minimum Gasteiger partial charge on any atom is -0.476 e. The number of nitrogens with one attached hydrogen (secondary N) is 2. The topological polar surface area (TPSA) is 110 Å². The van der Waals surface area contributed by atoms with E-state index >= 15 is 0 Å². The molecule has 9 heteroatoms. The molecule has 1 atom stereocenters. The highest BCUT2D eigenvalue weighted by Gasteiger charge is 2.20. The van der Waals surface area contributed by atoms with E-state index in [1.54, 1.807) is 6.07 Å². The zero-order valence-electron chi connectivity index (χ0n) is 20.7. The summed E-state index contributed by atoms with van der Waals surface area (Å²) >= 11 is 0. The number of benzene rings is 2. The molecule has 1 aromatic heterocycles. The smallest absolute Gasteiger partial charge is 0.264 e. The summed E-state index contributed by atoms with van der Waals surface area (Å²) in [5.41, 5.74) is 3.68. The highest BCUT2D eigenvalue weighted by molar-refractivity contribution is 7.92. The van der Waals surface area contributed by atoms with Crippen LogP contribution >= 0.6 is 0 Å². The molecule has 186 valence electrons. The van der Waals surface area contributed by atoms with Crippen molar-refractivity contribution in [1.29, 1.82) is 0 Å². The summed E-state index contributed by atoms with van der Waals surface area (Å²) in [5.74, 6) is 0.638. The van der Waals surface area contributed by atoms with Crippen molar-refractivity contribution < 1.29 is 17.9 Å². The van der Waals surface area contributed by atoms with Crippen LogP contribution in [0.5, 0.6) is 5.88 Å². The summed E-state index contributed by atoms with van der Waals surface area (Å²) in [7, 11) is -2.16. The van der Waals surface area contributed by atoms with Crippen LogP contribution in [0, 0.1) is 19.8 Å². The summed E-state index contributed by atoms with van der Waals surface area (Å²) < 4.78 is 34.5. The number of hydrogen-bond donors (Lipinski definition) is 2. The molecule has 0 saturated carbocycles. The number of anilines is 1. The molecular formula is C26H32N4O4S. The third kappa shape index (κ3) is 6.86. The lowest BCUT2D eigenvalue weighted by atomic mass is 10.00. The maximum atomic E-state index is 13.0. The fourth-order valence-corrected chi connectivity index (χ4v) is 4.85. The Kier molecular flexibility index (Phi) is 8.58. The first-order chi connectivity index (χ1) is 16.6. The van der Waals surface area contributed by atoms with Gasteiger partial charge in [0, 0.05) is 23.2 Å². The van der Waals surface area contributed by atoms with Gasteiger partial charge in [0.15, 0.2) is 0 Å². The van der Waals surface area contributed by atoms with Crippen molar-refractivity contribution in [2.75, 3.05) is 18.4 Å². The lowest BCUT2D eigenvalue weighted by molar-refractivity contribution is 0.112. The molecular weight excluding hydrogens is 464 g/mol. The Morgan fingerprint density at radius 2 is 1.71 bits per heavy atom. The van der Waals surface area contributed by atoms with E-state index in [0.717, 1.165) is 23.1 Å². The largest absolute Gasteiger partial charge is 0.476 e. The number of likely N-dealkylation sites (N-methyl/N-ethyl adjacent to an activating group) is 1. The van der Waals surface area contributed by atoms with E-state index in [1.165, 1.54) is 24.3 Å². The first kappa shape index (κ1) is 26.3. The molecule has 0 aliphatic carbocycles. The molecule has 3 aromatic rings. The van der Waals surface area contributed by atoms with E-state index in [0.29, 0.717) is 24.5 Å². The normalized spacial score (nSPS) is 12.4. The third-order valence-electron chi connectivity index (χ3n) is 5.57. The summed E-state index contributed by atoms with van der Waals surface area (Å²) in [6, 6.07) is 13.5. The Bertz CT molecular complexity index is 1270. The van der Waals surface area contributed by atoms with Gasteiger partial charge in [-0.15, -0.1) is 0 Å². The van der Waals surface area contributed by atoms with Crippen LogP contribution in [0.2, 0.25) is 0 Å². The second-order valence-corrected chi connectivity index (χ2v) is 10.6. The Balaban J connectivity index is 2.01. The molecule has 3 rings (SSSR count). The van der Waals surface area contributed by atoms with Gasteiger partial charge < -0.3 is 10.1 Å². The molecule has 0 spiro atoms. The molecule has 0 unspecified atom stereocenters. The van der Waals surface area contributed by atoms with Crippen molar-refractivity contribution in [3.05, 3.63) is 65.2 Å². The Morgan fingerprint density at radius 3 is 2.34 bits per heavy atom. The zero-order chi connectivity index (χ0) is 25.6. The number of hydrogen-bond acceptors (Lipinski definition) is 7. The number of aromatic nitrogens is 2. The summed E-state index contributed by atoms with van der Waals surface area (Å²) in [6.45, 7) is 8.59. The predicted octanol–water partition coefficient (Wildman–Crippen LogP) is 4.39. The summed E-state index contributed by atoms with van der Waals surface area (Å²) in [6.07, 6.45) is 1.51. The van der Waals surface area contributed by atoms with Crippen molar-refractivity contribution in [2.45, 2.75) is 45.1 Å². The van der Waals surface area contributed by atoms with Gasteiger partial charge in [0.25, 0.3) is 10.0 Å². The number of rotatable bonds is 11. The molecule has 2 aromatic carbocycles.